The summed E-state index contributed by atoms with van der Waals surface area (Å²) in [5.41, 5.74) is 5.70. The van der Waals surface area contributed by atoms with Crippen LogP contribution in [0.25, 0.3) is 0 Å². The second-order valence-corrected chi connectivity index (χ2v) is 5.43. The molecule has 3 unspecified atom stereocenters. The molecule has 3 heteroatoms. The Morgan fingerprint density at radius 3 is 2.50 bits per heavy atom. The molecule has 0 heterocycles. The minimum Gasteiger partial charge on any atom is -0.353 e. The zero-order chi connectivity index (χ0) is 11.5. The molecule has 2 saturated carbocycles. The summed E-state index contributed by atoms with van der Waals surface area (Å²) in [7, 11) is 0. The minimum absolute atomic E-state index is 0.109. The van der Waals surface area contributed by atoms with Crippen LogP contribution in [0.1, 0.15) is 51.9 Å². The zero-order valence-electron chi connectivity index (χ0n) is 10.2. The topological polar surface area (TPSA) is 55.1 Å². The third-order valence-electron chi connectivity index (χ3n) is 4.16. The first-order valence-electron chi connectivity index (χ1n) is 6.78. The first-order valence-corrected chi connectivity index (χ1v) is 6.78. The molecule has 0 bridgehead atoms. The molecule has 16 heavy (non-hydrogen) atoms. The SMILES string of the molecule is CCC(NC(=O)C1CC1N)C1CCCCC1. The molecule has 2 rings (SSSR count). The fourth-order valence-corrected chi connectivity index (χ4v) is 2.90. The molecule has 3 nitrogen and oxygen atoms in total. The standard InChI is InChI=1S/C13H24N2O/c1-2-12(9-6-4-3-5-7-9)15-13(16)10-8-11(10)14/h9-12H,2-8,14H2,1H3,(H,15,16). The number of carbonyl (C=O) groups excluding carboxylic acids is 1. The van der Waals surface area contributed by atoms with Crippen molar-refractivity contribution in [3.05, 3.63) is 0 Å². The summed E-state index contributed by atoms with van der Waals surface area (Å²) in [4.78, 5) is 11.8. The summed E-state index contributed by atoms with van der Waals surface area (Å²) in [5, 5.41) is 3.21. The molecule has 3 atom stereocenters. The maximum atomic E-state index is 11.8. The molecular weight excluding hydrogens is 200 g/mol. The zero-order valence-corrected chi connectivity index (χ0v) is 10.2. The highest BCUT2D eigenvalue weighted by atomic mass is 16.2. The minimum atomic E-state index is 0.109. The molecule has 1 amide bonds. The molecule has 2 aliphatic carbocycles. The van der Waals surface area contributed by atoms with Crippen LogP contribution in [0.15, 0.2) is 0 Å². The molecule has 0 aromatic heterocycles. The monoisotopic (exact) mass is 224 g/mol. The van der Waals surface area contributed by atoms with Gasteiger partial charge >= 0.3 is 0 Å². The van der Waals surface area contributed by atoms with Crippen LogP contribution in [0.2, 0.25) is 0 Å². The van der Waals surface area contributed by atoms with Crippen molar-refractivity contribution in [1.82, 2.24) is 5.32 Å². The van der Waals surface area contributed by atoms with Gasteiger partial charge in [-0.2, -0.15) is 0 Å². The molecule has 0 saturated heterocycles. The maximum absolute atomic E-state index is 11.8. The van der Waals surface area contributed by atoms with Gasteiger partial charge in [-0.25, -0.2) is 0 Å². The molecule has 0 aromatic carbocycles. The first-order chi connectivity index (χ1) is 7.72. The van der Waals surface area contributed by atoms with Gasteiger partial charge in [-0.05, 0) is 31.6 Å². The Kier molecular flexibility index (Phi) is 3.85. The highest BCUT2D eigenvalue weighted by Crippen LogP contribution is 2.31. The molecule has 92 valence electrons. The molecule has 2 aliphatic rings. The largest absolute Gasteiger partial charge is 0.353 e. The van der Waals surface area contributed by atoms with Gasteiger partial charge in [0.15, 0.2) is 0 Å². The molecular formula is C13H24N2O. The number of nitrogens with one attached hydrogen (secondary N) is 1. The van der Waals surface area contributed by atoms with Crippen molar-refractivity contribution in [3.8, 4) is 0 Å². The normalized spacial score (nSPS) is 32.1. The van der Waals surface area contributed by atoms with E-state index in [1.807, 2.05) is 0 Å². The third kappa shape index (κ3) is 2.76. The van der Waals surface area contributed by atoms with Crippen molar-refractivity contribution in [3.63, 3.8) is 0 Å². The molecule has 3 N–H and O–H groups in total. The van der Waals surface area contributed by atoms with Crippen LogP contribution in [-0.2, 0) is 4.79 Å². The molecule has 0 aliphatic heterocycles. The van der Waals surface area contributed by atoms with E-state index in [-0.39, 0.29) is 17.9 Å². The fraction of sp³-hybridized carbons (Fsp3) is 0.923. The Morgan fingerprint density at radius 1 is 1.38 bits per heavy atom. The van der Waals surface area contributed by atoms with E-state index >= 15 is 0 Å². The maximum Gasteiger partial charge on any atom is 0.224 e. The van der Waals surface area contributed by atoms with E-state index in [1.54, 1.807) is 0 Å². The third-order valence-corrected chi connectivity index (χ3v) is 4.16. The quantitative estimate of drug-likeness (QED) is 0.765. The van der Waals surface area contributed by atoms with Crippen LogP contribution in [0.5, 0.6) is 0 Å². The van der Waals surface area contributed by atoms with Gasteiger partial charge in [0.25, 0.3) is 0 Å². The van der Waals surface area contributed by atoms with Gasteiger partial charge in [-0.1, -0.05) is 26.2 Å². The summed E-state index contributed by atoms with van der Waals surface area (Å²) in [6.07, 6.45) is 8.55. The summed E-state index contributed by atoms with van der Waals surface area (Å²) < 4.78 is 0. The highest BCUT2D eigenvalue weighted by molar-refractivity contribution is 5.82. The molecule has 0 aromatic rings. The van der Waals surface area contributed by atoms with E-state index in [0.717, 1.165) is 12.8 Å². The number of hydrogen-bond donors (Lipinski definition) is 2. The average molecular weight is 224 g/mol. The molecule has 0 radical (unpaired) electrons. The van der Waals surface area contributed by atoms with Crippen molar-refractivity contribution in [1.29, 1.82) is 0 Å². The summed E-state index contributed by atoms with van der Waals surface area (Å²) >= 11 is 0. The summed E-state index contributed by atoms with van der Waals surface area (Å²) in [6, 6.07) is 0.518. The van der Waals surface area contributed by atoms with Gasteiger partial charge in [0, 0.05) is 12.1 Å². The van der Waals surface area contributed by atoms with E-state index < -0.39 is 0 Å². The average Bonchev–Trinajstić information content (AvgIpc) is 3.04. The number of carbonyl (C=O) groups is 1. The van der Waals surface area contributed by atoms with Gasteiger partial charge in [0.1, 0.15) is 0 Å². The van der Waals surface area contributed by atoms with Crippen molar-refractivity contribution in [2.24, 2.45) is 17.6 Å². The van der Waals surface area contributed by atoms with Gasteiger partial charge in [-0.3, -0.25) is 4.79 Å². The van der Waals surface area contributed by atoms with Crippen LogP contribution in [0, 0.1) is 11.8 Å². The van der Waals surface area contributed by atoms with E-state index in [2.05, 4.69) is 12.2 Å². The van der Waals surface area contributed by atoms with Gasteiger partial charge < -0.3 is 11.1 Å². The Morgan fingerprint density at radius 2 is 2.00 bits per heavy atom. The van der Waals surface area contributed by atoms with Gasteiger partial charge in [0.2, 0.25) is 5.91 Å². The van der Waals surface area contributed by atoms with Crippen LogP contribution < -0.4 is 11.1 Å². The Bertz CT molecular complexity index is 248. The van der Waals surface area contributed by atoms with Crippen molar-refractivity contribution in [2.45, 2.75) is 64.0 Å². The summed E-state index contributed by atoms with van der Waals surface area (Å²) in [6.45, 7) is 2.17. The van der Waals surface area contributed by atoms with Crippen molar-refractivity contribution >= 4 is 5.91 Å². The predicted octanol–water partition coefficient (Wildman–Crippen LogP) is 1.81. The number of rotatable bonds is 4. The number of hydrogen-bond acceptors (Lipinski definition) is 2. The summed E-state index contributed by atoms with van der Waals surface area (Å²) in [5.74, 6) is 1.01. The van der Waals surface area contributed by atoms with Gasteiger partial charge in [-0.15, -0.1) is 0 Å². The Hall–Kier alpha value is -0.570. The Balaban J connectivity index is 1.82. The van der Waals surface area contributed by atoms with E-state index in [0.29, 0.717) is 12.0 Å². The predicted molar refractivity (Wildman–Crippen MR) is 64.9 cm³/mol. The lowest BCUT2D eigenvalue weighted by Crippen LogP contribution is -2.42. The van der Waals surface area contributed by atoms with Crippen LogP contribution in [0.4, 0.5) is 0 Å². The van der Waals surface area contributed by atoms with Crippen molar-refractivity contribution < 1.29 is 4.79 Å². The molecule has 0 spiro atoms. The van der Waals surface area contributed by atoms with Crippen LogP contribution in [0.3, 0.4) is 0 Å². The lowest BCUT2D eigenvalue weighted by molar-refractivity contribution is -0.123. The lowest BCUT2D eigenvalue weighted by Gasteiger charge is -2.30. The Labute approximate surface area is 98.2 Å². The molecule has 2 fully saturated rings. The van der Waals surface area contributed by atoms with Crippen LogP contribution in [-0.4, -0.2) is 18.0 Å². The van der Waals surface area contributed by atoms with Crippen LogP contribution >= 0.6 is 0 Å². The highest BCUT2D eigenvalue weighted by Gasteiger charge is 2.41. The van der Waals surface area contributed by atoms with Gasteiger partial charge in [0.05, 0.1) is 5.92 Å². The van der Waals surface area contributed by atoms with Crippen molar-refractivity contribution in [2.75, 3.05) is 0 Å². The lowest BCUT2D eigenvalue weighted by atomic mass is 9.83. The number of nitrogens with two attached hydrogens (primary N) is 1. The second kappa shape index (κ2) is 5.17. The fourth-order valence-electron chi connectivity index (χ4n) is 2.90. The second-order valence-electron chi connectivity index (χ2n) is 5.43. The van der Waals surface area contributed by atoms with E-state index in [1.165, 1.54) is 32.1 Å². The number of amides is 1. The van der Waals surface area contributed by atoms with E-state index in [4.69, 9.17) is 5.73 Å². The smallest absolute Gasteiger partial charge is 0.224 e. The van der Waals surface area contributed by atoms with E-state index in [9.17, 15) is 4.79 Å². The first kappa shape index (κ1) is 11.9.